The van der Waals surface area contributed by atoms with E-state index >= 15 is 0 Å². The molecule has 0 aliphatic heterocycles. The van der Waals surface area contributed by atoms with Crippen LogP contribution >= 0.6 is 0 Å². The molecule has 2 unspecified atom stereocenters. The first kappa shape index (κ1) is 47.8. The minimum Gasteiger partial charge on any atom is -0.507 e. The summed E-state index contributed by atoms with van der Waals surface area (Å²) < 4.78 is 0. The van der Waals surface area contributed by atoms with Crippen molar-refractivity contribution in [2.45, 2.75) is 169 Å². The first-order valence-electron chi connectivity index (χ1n) is 18.0. The van der Waals surface area contributed by atoms with Crippen molar-refractivity contribution in [1.29, 1.82) is 0 Å². The summed E-state index contributed by atoms with van der Waals surface area (Å²) in [5.41, 5.74) is 5.86. The van der Waals surface area contributed by atoms with Crippen LogP contribution in [0, 0.1) is 6.92 Å². The number of carbonyl (C=O) groups is 2. The Hall–Kier alpha value is -3.17. The number of benzene rings is 2. The molecule has 289 valence electrons. The summed E-state index contributed by atoms with van der Waals surface area (Å²) in [6, 6.07) is 8.72. The standard InChI is InChI=1S/C39H60N2O2.C2H2O4.CH4.Co/c1-11-13-19-39(10,20-14-12-2)31-21-27(3)35(42)28(23-31)25-40-33-17-15-16-18-34(33)41-26-29-22-30(37(4,5)6)24-32(36(29)43)38(7,8)9;3-1(4)2(5)6;;/h21-26,33-34,42-43H,11-20H2,1-10H3;(H,3,4)(H,5,6);1H4;. The fourth-order valence-electron chi connectivity index (χ4n) is 6.35. The average Bonchev–Trinajstić information content (AvgIpc) is 3.02. The van der Waals surface area contributed by atoms with Gasteiger partial charge in [-0.3, -0.25) is 9.98 Å². The van der Waals surface area contributed by atoms with E-state index in [-0.39, 0.29) is 52.5 Å². The third-order valence-corrected chi connectivity index (χ3v) is 9.69. The van der Waals surface area contributed by atoms with E-state index in [0.717, 1.165) is 60.8 Å². The van der Waals surface area contributed by atoms with Crippen LogP contribution in [0.2, 0.25) is 0 Å². The molecule has 1 aliphatic carbocycles. The normalized spacial score (nSPS) is 16.6. The number of unbranched alkanes of at least 4 members (excludes halogenated alkanes) is 2. The Bertz CT molecular complexity index is 1470. The number of aromatic hydroxyl groups is 2. The molecular weight excluding hydrogens is 687 g/mol. The molecule has 4 N–H and O–H groups in total. The number of hydrogen-bond acceptors (Lipinski definition) is 6. The topological polar surface area (TPSA) is 140 Å². The van der Waals surface area contributed by atoms with E-state index in [1.807, 2.05) is 19.4 Å². The third kappa shape index (κ3) is 14.1. The Morgan fingerprint density at radius 1 is 0.725 bits per heavy atom. The second-order valence-corrected chi connectivity index (χ2v) is 16.0. The molecule has 9 heteroatoms. The summed E-state index contributed by atoms with van der Waals surface area (Å²) in [4.78, 5) is 28.3. The molecular formula is C42H66CoN2O6. The Morgan fingerprint density at radius 3 is 1.55 bits per heavy atom. The van der Waals surface area contributed by atoms with Crippen molar-refractivity contribution >= 4 is 24.4 Å². The summed E-state index contributed by atoms with van der Waals surface area (Å²) in [5, 5.41) is 37.1. The molecule has 8 nitrogen and oxygen atoms in total. The van der Waals surface area contributed by atoms with Crippen LogP contribution in [0.4, 0.5) is 0 Å². The van der Waals surface area contributed by atoms with Gasteiger partial charge in [0.05, 0.1) is 12.1 Å². The number of phenolic OH excluding ortho intramolecular Hbond substituents is 2. The molecule has 0 saturated heterocycles. The molecule has 0 amide bonds. The number of phenols is 2. The maximum atomic E-state index is 11.3. The van der Waals surface area contributed by atoms with Gasteiger partial charge in [-0.25, -0.2) is 9.59 Å². The molecule has 1 fully saturated rings. The van der Waals surface area contributed by atoms with E-state index in [9.17, 15) is 10.2 Å². The molecule has 1 aliphatic rings. The zero-order valence-electron chi connectivity index (χ0n) is 32.0. The summed E-state index contributed by atoms with van der Waals surface area (Å²) in [6.07, 6.45) is 15.1. The van der Waals surface area contributed by atoms with Crippen LogP contribution in [0.15, 0.2) is 34.3 Å². The van der Waals surface area contributed by atoms with E-state index in [2.05, 4.69) is 86.6 Å². The molecule has 2 aromatic carbocycles. The maximum absolute atomic E-state index is 11.3. The van der Waals surface area contributed by atoms with Crippen LogP contribution in [0.5, 0.6) is 11.5 Å². The van der Waals surface area contributed by atoms with Crippen molar-refractivity contribution in [3.05, 3.63) is 57.6 Å². The van der Waals surface area contributed by atoms with Crippen molar-refractivity contribution in [3.8, 4) is 11.5 Å². The van der Waals surface area contributed by atoms with Crippen LogP contribution in [-0.2, 0) is 42.6 Å². The second kappa shape index (κ2) is 20.8. The molecule has 1 radical (unpaired) electrons. The van der Waals surface area contributed by atoms with Gasteiger partial charge < -0.3 is 20.4 Å². The van der Waals surface area contributed by atoms with E-state index < -0.39 is 11.9 Å². The molecule has 1 saturated carbocycles. The Kier molecular flexibility index (Phi) is 19.5. The molecule has 3 rings (SSSR count). The first-order valence-corrected chi connectivity index (χ1v) is 18.0. The van der Waals surface area contributed by atoms with Gasteiger partial charge in [-0.05, 0) is 77.7 Å². The maximum Gasteiger partial charge on any atom is 0.414 e. The average molecular weight is 754 g/mol. The van der Waals surface area contributed by atoms with Crippen LogP contribution < -0.4 is 0 Å². The minimum atomic E-state index is -1.82. The van der Waals surface area contributed by atoms with E-state index in [1.165, 1.54) is 36.8 Å². The van der Waals surface area contributed by atoms with Crippen molar-refractivity contribution in [2.24, 2.45) is 9.98 Å². The molecule has 0 bridgehead atoms. The monoisotopic (exact) mass is 753 g/mol. The van der Waals surface area contributed by atoms with Crippen LogP contribution in [-0.4, -0.2) is 56.9 Å². The molecule has 0 spiro atoms. The van der Waals surface area contributed by atoms with Crippen LogP contribution in [0.25, 0.3) is 0 Å². The van der Waals surface area contributed by atoms with E-state index in [1.54, 1.807) is 0 Å². The van der Waals surface area contributed by atoms with Crippen molar-refractivity contribution in [1.82, 2.24) is 0 Å². The van der Waals surface area contributed by atoms with Crippen molar-refractivity contribution in [2.75, 3.05) is 0 Å². The van der Waals surface area contributed by atoms with E-state index in [4.69, 9.17) is 29.8 Å². The van der Waals surface area contributed by atoms with Gasteiger partial charge in [-0.15, -0.1) is 0 Å². The van der Waals surface area contributed by atoms with Gasteiger partial charge in [0.1, 0.15) is 11.5 Å². The number of rotatable bonds is 11. The van der Waals surface area contributed by atoms with Crippen LogP contribution in [0.1, 0.15) is 167 Å². The number of aryl methyl sites for hydroxylation is 1. The quantitative estimate of drug-likeness (QED) is 0.133. The Balaban J connectivity index is 0.00000287. The van der Waals surface area contributed by atoms with Gasteiger partial charge in [0.2, 0.25) is 0 Å². The fourth-order valence-corrected chi connectivity index (χ4v) is 6.35. The Morgan fingerprint density at radius 2 is 1.16 bits per heavy atom. The predicted octanol–water partition coefficient (Wildman–Crippen LogP) is 10.3. The number of aliphatic carboxylic acids is 2. The smallest absolute Gasteiger partial charge is 0.414 e. The minimum absolute atomic E-state index is 0. The molecule has 51 heavy (non-hydrogen) atoms. The number of hydrogen-bond donors (Lipinski definition) is 4. The first-order chi connectivity index (χ1) is 22.7. The van der Waals surface area contributed by atoms with Gasteiger partial charge in [0, 0.05) is 45.9 Å². The van der Waals surface area contributed by atoms with Gasteiger partial charge in [-0.2, -0.15) is 0 Å². The number of carboxylic acids is 2. The second-order valence-electron chi connectivity index (χ2n) is 16.0. The Labute approximate surface area is 318 Å². The zero-order valence-corrected chi connectivity index (χ0v) is 33.1. The summed E-state index contributed by atoms with van der Waals surface area (Å²) in [6.45, 7) is 22.0. The zero-order chi connectivity index (χ0) is 37.2. The summed E-state index contributed by atoms with van der Waals surface area (Å²) in [5.74, 6) is -2.99. The van der Waals surface area contributed by atoms with Gasteiger partial charge in [0.15, 0.2) is 0 Å². The molecule has 2 atom stereocenters. The van der Waals surface area contributed by atoms with Gasteiger partial charge in [0.25, 0.3) is 0 Å². The predicted molar refractivity (Wildman–Crippen MR) is 208 cm³/mol. The molecule has 0 heterocycles. The molecule has 2 aromatic rings. The van der Waals surface area contributed by atoms with Gasteiger partial charge in [-0.1, -0.05) is 120 Å². The van der Waals surface area contributed by atoms with Gasteiger partial charge >= 0.3 is 11.9 Å². The third-order valence-electron chi connectivity index (χ3n) is 9.69. The van der Waals surface area contributed by atoms with Crippen LogP contribution in [0.3, 0.4) is 0 Å². The summed E-state index contributed by atoms with van der Waals surface area (Å²) >= 11 is 0. The van der Waals surface area contributed by atoms with E-state index in [0.29, 0.717) is 11.5 Å². The number of nitrogens with zero attached hydrogens (tertiary/aromatic N) is 2. The summed E-state index contributed by atoms with van der Waals surface area (Å²) in [7, 11) is 0. The van der Waals surface area contributed by atoms with Crippen molar-refractivity contribution in [3.63, 3.8) is 0 Å². The number of aliphatic imine (C=N–C) groups is 2. The fraction of sp³-hybridized carbons (Fsp3) is 0.619. The van der Waals surface area contributed by atoms with Crippen molar-refractivity contribution < 1.29 is 46.8 Å². The SMILES string of the molecule is C.CCCCC(C)(CCCC)c1cc(C)c(O)c(C=NC2CCCCC2N=Cc2cc(C(C)(C)C)cc(C(C)(C)C)c2O)c1.O=C(O)C(=O)O.[Co]. The number of carboxylic acid groups (broad SMARTS) is 2. The molecule has 0 aromatic heterocycles. The largest absolute Gasteiger partial charge is 0.507 e.